The maximum Gasteiger partial charge on any atom is 0.222 e. The van der Waals surface area contributed by atoms with Gasteiger partial charge in [0.1, 0.15) is 0 Å². The van der Waals surface area contributed by atoms with Crippen LogP contribution in [0.15, 0.2) is 16.9 Å². The normalized spacial score (nSPS) is 12.5. The van der Waals surface area contributed by atoms with Gasteiger partial charge in [-0.1, -0.05) is 6.92 Å². The van der Waals surface area contributed by atoms with E-state index in [9.17, 15) is 0 Å². The fraction of sp³-hybridized carbons (Fsp3) is 0.556. The largest absolute Gasteiger partial charge is 0.353 e. The molecule has 0 fully saturated rings. The van der Waals surface area contributed by atoms with Gasteiger partial charge in [-0.25, -0.2) is 9.97 Å². The molecule has 1 rings (SSSR count). The topological polar surface area (TPSA) is 49.8 Å². The molecular weight excluding hydrogens is 244 g/mol. The first-order valence-corrected chi connectivity index (χ1v) is 5.46. The van der Waals surface area contributed by atoms with Crippen molar-refractivity contribution in [2.24, 2.45) is 0 Å². The molecule has 0 unspecified atom stereocenters. The minimum absolute atomic E-state index is 0.423. The summed E-state index contributed by atoms with van der Waals surface area (Å²) in [5.41, 5.74) is 0. The lowest BCUT2D eigenvalue weighted by molar-refractivity contribution is 0.588. The van der Waals surface area contributed by atoms with Crippen molar-refractivity contribution in [3.05, 3.63) is 16.9 Å². The molecule has 5 heteroatoms. The first-order valence-electron chi connectivity index (χ1n) is 4.67. The minimum Gasteiger partial charge on any atom is -0.353 e. The van der Waals surface area contributed by atoms with Crippen molar-refractivity contribution in [1.82, 2.24) is 15.3 Å². The molecule has 0 aromatic carbocycles. The number of nitrogens with zero attached hydrogens (tertiary/aromatic N) is 2. The Labute approximate surface area is 92.7 Å². The second-order valence-corrected chi connectivity index (χ2v) is 3.98. The first kappa shape index (κ1) is 11.4. The van der Waals surface area contributed by atoms with Crippen LogP contribution in [0, 0.1) is 0 Å². The van der Waals surface area contributed by atoms with Gasteiger partial charge in [-0.2, -0.15) is 0 Å². The summed E-state index contributed by atoms with van der Waals surface area (Å²) < 4.78 is 0.891. The molecule has 78 valence electrons. The molecular formula is C9H15BrN4. The summed E-state index contributed by atoms with van der Waals surface area (Å²) in [4.78, 5) is 8.23. The van der Waals surface area contributed by atoms with Gasteiger partial charge >= 0.3 is 0 Å². The van der Waals surface area contributed by atoms with Crippen LogP contribution >= 0.6 is 15.9 Å². The predicted octanol–water partition coefficient (Wildman–Crippen LogP) is 1.65. The number of aromatic nitrogens is 2. The Balaban J connectivity index is 2.34. The summed E-state index contributed by atoms with van der Waals surface area (Å²) in [5, 5.41) is 6.45. The van der Waals surface area contributed by atoms with Gasteiger partial charge in [0.05, 0.1) is 4.47 Å². The van der Waals surface area contributed by atoms with Crippen LogP contribution < -0.4 is 10.6 Å². The SMILES string of the molecule is CCN[C@@H](C)CNc1ncc(Br)cn1. The van der Waals surface area contributed by atoms with E-state index in [-0.39, 0.29) is 0 Å². The summed E-state index contributed by atoms with van der Waals surface area (Å²) >= 11 is 3.29. The van der Waals surface area contributed by atoms with Gasteiger partial charge in [-0.15, -0.1) is 0 Å². The Morgan fingerprint density at radius 1 is 1.43 bits per heavy atom. The van der Waals surface area contributed by atoms with Gasteiger partial charge in [-0.3, -0.25) is 0 Å². The monoisotopic (exact) mass is 258 g/mol. The molecule has 1 atom stereocenters. The van der Waals surface area contributed by atoms with Gasteiger partial charge in [-0.05, 0) is 29.4 Å². The molecule has 0 aliphatic carbocycles. The second kappa shape index (κ2) is 5.93. The third-order valence-electron chi connectivity index (χ3n) is 1.74. The van der Waals surface area contributed by atoms with Crippen molar-refractivity contribution < 1.29 is 0 Å². The van der Waals surface area contributed by atoms with Crippen molar-refractivity contribution in [3.8, 4) is 0 Å². The highest BCUT2D eigenvalue weighted by Gasteiger charge is 2.00. The molecule has 0 amide bonds. The highest BCUT2D eigenvalue weighted by molar-refractivity contribution is 9.10. The minimum atomic E-state index is 0.423. The zero-order chi connectivity index (χ0) is 10.4. The standard InChI is InChI=1S/C9H15BrN4/c1-3-11-7(2)4-12-9-13-5-8(10)6-14-9/h5-7,11H,3-4H2,1-2H3,(H,12,13,14)/t7-/m0/s1. The Morgan fingerprint density at radius 2 is 2.07 bits per heavy atom. The number of hydrogen-bond acceptors (Lipinski definition) is 4. The smallest absolute Gasteiger partial charge is 0.222 e. The van der Waals surface area contributed by atoms with Crippen LogP contribution in [-0.4, -0.2) is 29.1 Å². The molecule has 0 saturated carbocycles. The highest BCUT2D eigenvalue weighted by atomic mass is 79.9. The zero-order valence-electron chi connectivity index (χ0n) is 8.42. The first-order chi connectivity index (χ1) is 6.72. The fourth-order valence-electron chi connectivity index (χ4n) is 1.07. The van der Waals surface area contributed by atoms with E-state index in [1.54, 1.807) is 12.4 Å². The Morgan fingerprint density at radius 3 is 2.64 bits per heavy atom. The maximum absolute atomic E-state index is 4.11. The van der Waals surface area contributed by atoms with E-state index < -0.39 is 0 Å². The molecule has 0 radical (unpaired) electrons. The van der Waals surface area contributed by atoms with Gasteiger partial charge in [0.15, 0.2) is 0 Å². The molecule has 1 aromatic rings. The number of halogens is 1. The third kappa shape index (κ3) is 4.02. The summed E-state index contributed by atoms with van der Waals surface area (Å²) in [7, 11) is 0. The van der Waals surface area contributed by atoms with Crippen molar-refractivity contribution in [3.63, 3.8) is 0 Å². The van der Waals surface area contributed by atoms with E-state index in [2.05, 4.69) is 50.4 Å². The fourth-order valence-corrected chi connectivity index (χ4v) is 1.27. The van der Waals surface area contributed by atoms with E-state index >= 15 is 0 Å². The van der Waals surface area contributed by atoms with E-state index in [0.29, 0.717) is 12.0 Å². The molecule has 0 aliphatic heterocycles. The van der Waals surface area contributed by atoms with Crippen LogP contribution in [0.2, 0.25) is 0 Å². The number of likely N-dealkylation sites (N-methyl/N-ethyl adjacent to an activating group) is 1. The van der Waals surface area contributed by atoms with E-state index in [4.69, 9.17) is 0 Å². The molecule has 1 heterocycles. The number of anilines is 1. The lowest BCUT2D eigenvalue weighted by atomic mass is 10.3. The lowest BCUT2D eigenvalue weighted by Gasteiger charge is -2.12. The predicted molar refractivity (Wildman–Crippen MR) is 61.4 cm³/mol. The summed E-state index contributed by atoms with van der Waals surface area (Å²) in [5.74, 6) is 0.665. The van der Waals surface area contributed by atoms with Crippen molar-refractivity contribution >= 4 is 21.9 Å². The highest BCUT2D eigenvalue weighted by Crippen LogP contribution is 2.06. The summed E-state index contributed by atoms with van der Waals surface area (Å²) in [6.45, 7) is 6.02. The molecule has 14 heavy (non-hydrogen) atoms. The van der Waals surface area contributed by atoms with Crippen molar-refractivity contribution in [1.29, 1.82) is 0 Å². The number of rotatable bonds is 5. The molecule has 1 aromatic heterocycles. The average Bonchev–Trinajstić information content (AvgIpc) is 2.17. The molecule has 0 bridgehead atoms. The Hall–Kier alpha value is -0.680. The van der Waals surface area contributed by atoms with Gasteiger partial charge in [0.25, 0.3) is 0 Å². The number of hydrogen-bond donors (Lipinski definition) is 2. The third-order valence-corrected chi connectivity index (χ3v) is 2.15. The van der Waals surface area contributed by atoms with Crippen LogP contribution in [0.3, 0.4) is 0 Å². The number of nitrogens with one attached hydrogen (secondary N) is 2. The average molecular weight is 259 g/mol. The van der Waals surface area contributed by atoms with Crippen LogP contribution in [0.1, 0.15) is 13.8 Å². The summed E-state index contributed by atoms with van der Waals surface area (Å²) in [6.07, 6.45) is 3.46. The van der Waals surface area contributed by atoms with Crippen molar-refractivity contribution in [2.75, 3.05) is 18.4 Å². The zero-order valence-corrected chi connectivity index (χ0v) is 10.0. The maximum atomic E-state index is 4.11. The van der Waals surface area contributed by atoms with E-state index in [0.717, 1.165) is 17.6 Å². The molecule has 4 nitrogen and oxygen atoms in total. The van der Waals surface area contributed by atoms with Crippen LogP contribution in [0.25, 0.3) is 0 Å². The second-order valence-electron chi connectivity index (χ2n) is 3.06. The van der Waals surface area contributed by atoms with Crippen LogP contribution in [0.5, 0.6) is 0 Å². The molecule has 0 saturated heterocycles. The Bertz CT molecular complexity index is 262. The van der Waals surface area contributed by atoms with Crippen LogP contribution in [0.4, 0.5) is 5.95 Å². The quantitative estimate of drug-likeness (QED) is 0.844. The lowest BCUT2D eigenvalue weighted by Crippen LogP contribution is -2.32. The Kier molecular flexibility index (Phi) is 4.82. The van der Waals surface area contributed by atoms with Gasteiger partial charge in [0, 0.05) is 25.0 Å². The van der Waals surface area contributed by atoms with Gasteiger partial charge < -0.3 is 10.6 Å². The molecule has 2 N–H and O–H groups in total. The van der Waals surface area contributed by atoms with Gasteiger partial charge in [0.2, 0.25) is 5.95 Å². The van der Waals surface area contributed by atoms with Crippen LogP contribution in [-0.2, 0) is 0 Å². The van der Waals surface area contributed by atoms with E-state index in [1.165, 1.54) is 0 Å². The molecule has 0 spiro atoms. The van der Waals surface area contributed by atoms with Crippen molar-refractivity contribution in [2.45, 2.75) is 19.9 Å². The van der Waals surface area contributed by atoms with E-state index in [1.807, 2.05) is 0 Å². The molecule has 0 aliphatic rings. The summed E-state index contributed by atoms with van der Waals surface area (Å²) in [6, 6.07) is 0.423.